The molecule has 0 amide bonds. The summed E-state index contributed by atoms with van der Waals surface area (Å²) in [5, 5.41) is 4.86. The molecule has 3 nitrogen and oxygen atoms in total. The van der Waals surface area contributed by atoms with Crippen LogP contribution in [0.25, 0.3) is 0 Å². The lowest BCUT2D eigenvalue weighted by Gasteiger charge is -1.98. The summed E-state index contributed by atoms with van der Waals surface area (Å²) < 4.78 is 1.78. The minimum atomic E-state index is 0.218. The number of Topliss-reactive ketones (excluding diaryl/α,β-unsaturated/α-hetero) is 1. The molecule has 1 rings (SSSR count). The highest BCUT2D eigenvalue weighted by Gasteiger charge is 2.01. The highest BCUT2D eigenvalue weighted by Crippen LogP contribution is 2.12. The van der Waals surface area contributed by atoms with Crippen LogP contribution in [0.15, 0.2) is 6.20 Å². The van der Waals surface area contributed by atoms with E-state index >= 15 is 0 Å². The van der Waals surface area contributed by atoms with Crippen molar-refractivity contribution in [3.63, 3.8) is 0 Å². The quantitative estimate of drug-likeness (QED) is 0.747. The van der Waals surface area contributed by atoms with Crippen molar-refractivity contribution in [2.45, 2.75) is 33.2 Å². The maximum absolute atomic E-state index is 10.7. The van der Waals surface area contributed by atoms with E-state index in [2.05, 4.69) is 5.10 Å². The van der Waals surface area contributed by atoms with Crippen LogP contribution in [0.1, 0.15) is 25.5 Å². The number of nitrogens with zero attached hydrogens (tertiary/aromatic N) is 2. The Morgan fingerprint density at radius 2 is 2.38 bits per heavy atom. The second kappa shape index (κ2) is 4.42. The van der Waals surface area contributed by atoms with Crippen LogP contribution in [0, 0.1) is 6.92 Å². The average molecular weight is 201 g/mol. The zero-order chi connectivity index (χ0) is 9.84. The highest BCUT2D eigenvalue weighted by molar-refractivity contribution is 6.31. The van der Waals surface area contributed by atoms with Crippen LogP contribution in [0.4, 0.5) is 0 Å². The summed E-state index contributed by atoms with van der Waals surface area (Å²) in [6, 6.07) is 0. The fraction of sp³-hybridized carbons (Fsp3) is 0.556. The van der Waals surface area contributed by atoms with Crippen molar-refractivity contribution < 1.29 is 4.79 Å². The minimum Gasteiger partial charge on any atom is -0.300 e. The van der Waals surface area contributed by atoms with Crippen molar-refractivity contribution in [1.29, 1.82) is 0 Å². The van der Waals surface area contributed by atoms with E-state index in [9.17, 15) is 4.79 Å². The van der Waals surface area contributed by atoms with Crippen molar-refractivity contribution >= 4 is 17.4 Å². The third-order valence-electron chi connectivity index (χ3n) is 1.80. The van der Waals surface area contributed by atoms with Gasteiger partial charge in [-0.15, -0.1) is 0 Å². The number of rotatable bonds is 4. The Morgan fingerprint density at radius 3 is 2.85 bits per heavy atom. The summed E-state index contributed by atoms with van der Waals surface area (Å²) in [5.41, 5.74) is 0.837. The fourth-order valence-corrected chi connectivity index (χ4v) is 1.25. The number of carbonyl (C=O) groups excluding carboxylic acids is 1. The molecule has 4 heteroatoms. The second-order valence-electron chi connectivity index (χ2n) is 3.13. The SMILES string of the molecule is CC(=O)CCCn1cc(Cl)c(C)n1. The Labute approximate surface area is 82.7 Å². The van der Waals surface area contributed by atoms with Gasteiger partial charge in [-0.25, -0.2) is 0 Å². The molecule has 0 aromatic carbocycles. The number of hydrogen-bond acceptors (Lipinski definition) is 2. The summed E-state index contributed by atoms with van der Waals surface area (Å²) in [4.78, 5) is 10.7. The first-order valence-corrected chi connectivity index (χ1v) is 4.66. The standard InChI is InChI=1S/C9H13ClN2O/c1-7(13)4-3-5-12-6-9(10)8(2)11-12/h6H,3-5H2,1-2H3. The number of carbonyl (C=O) groups is 1. The average Bonchev–Trinajstić information content (AvgIpc) is 2.30. The van der Waals surface area contributed by atoms with Gasteiger partial charge in [-0.3, -0.25) is 4.68 Å². The molecule has 0 N–H and O–H groups in total. The number of aromatic nitrogens is 2. The van der Waals surface area contributed by atoms with Gasteiger partial charge in [0.05, 0.1) is 10.7 Å². The first-order valence-electron chi connectivity index (χ1n) is 4.28. The van der Waals surface area contributed by atoms with Gasteiger partial charge in [-0.05, 0) is 20.3 Å². The Bertz CT molecular complexity index is 287. The van der Waals surface area contributed by atoms with E-state index in [0.717, 1.165) is 18.7 Å². The van der Waals surface area contributed by atoms with Crippen LogP contribution in [0.2, 0.25) is 5.02 Å². The summed E-state index contributed by atoms with van der Waals surface area (Å²) in [6.45, 7) is 4.22. The van der Waals surface area contributed by atoms with Crippen molar-refractivity contribution in [2.24, 2.45) is 0 Å². The van der Waals surface area contributed by atoms with E-state index in [-0.39, 0.29) is 5.78 Å². The lowest BCUT2D eigenvalue weighted by molar-refractivity contribution is -0.117. The van der Waals surface area contributed by atoms with E-state index in [0.29, 0.717) is 11.4 Å². The molecule has 0 unspecified atom stereocenters. The third kappa shape index (κ3) is 3.19. The molecule has 1 heterocycles. The largest absolute Gasteiger partial charge is 0.300 e. The topological polar surface area (TPSA) is 34.9 Å². The van der Waals surface area contributed by atoms with Gasteiger partial charge in [0.25, 0.3) is 0 Å². The zero-order valence-electron chi connectivity index (χ0n) is 7.88. The lowest BCUT2D eigenvalue weighted by atomic mass is 10.2. The molecule has 0 bridgehead atoms. The zero-order valence-corrected chi connectivity index (χ0v) is 8.64. The van der Waals surface area contributed by atoms with Crippen molar-refractivity contribution in [1.82, 2.24) is 9.78 Å². The maximum atomic E-state index is 10.7. The molecule has 13 heavy (non-hydrogen) atoms. The normalized spacial score (nSPS) is 10.4. The van der Waals surface area contributed by atoms with Gasteiger partial charge in [-0.2, -0.15) is 5.10 Å². The number of hydrogen-bond donors (Lipinski definition) is 0. The number of ketones is 1. The van der Waals surface area contributed by atoms with E-state index in [1.165, 1.54) is 0 Å². The van der Waals surface area contributed by atoms with Crippen molar-refractivity contribution in [2.75, 3.05) is 0 Å². The minimum absolute atomic E-state index is 0.218. The van der Waals surface area contributed by atoms with E-state index in [1.807, 2.05) is 6.92 Å². The molecule has 0 aliphatic heterocycles. The van der Waals surface area contributed by atoms with Crippen LogP contribution < -0.4 is 0 Å². The Hall–Kier alpha value is -0.830. The van der Waals surface area contributed by atoms with Crippen molar-refractivity contribution in [3.8, 4) is 0 Å². The summed E-state index contributed by atoms with van der Waals surface area (Å²) in [5.74, 6) is 0.218. The summed E-state index contributed by atoms with van der Waals surface area (Å²) >= 11 is 5.82. The molecule has 0 aliphatic carbocycles. The van der Waals surface area contributed by atoms with Gasteiger partial charge in [0.2, 0.25) is 0 Å². The van der Waals surface area contributed by atoms with Gasteiger partial charge in [0.15, 0.2) is 0 Å². The van der Waals surface area contributed by atoms with Crippen LogP contribution in [0.3, 0.4) is 0 Å². The smallest absolute Gasteiger partial charge is 0.129 e. The molecule has 0 spiro atoms. The molecular weight excluding hydrogens is 188 g/mol. The van der Waals surface area contributed by atoms with Gasteiger partial charge in [-0.1, -0.05) is 11.6 Å². The predicted octanol–water partition coefficient (Wildman–Crippen LogP) is 2.21. The molecule has 0 saturated carbocycles. The molecule has 0 fully saturated rings. The van der Waals surface area contributed by atoms with Gasteiger partial charge in [0.1, 0.15) is 5.78 Å². The van der Waals surface area contributed by atoms with Crippen LogP contribution in [-0.4, -0.2) is 15.6 Å². The summed E-state index contributed by atoms with van der Waals surface area (Å²) in [6.07, 6.45) is 3.22. The number of aryl methyl sites for hydroxylation is 2. The van der Waals surface area contributed by atoms with Gasteiger partial charge < -0.3 is 4.79 Å². The first-order chi connectivity index (χ1) is 6.09. The Kier molecular flexibility index (Phi) is 3.48. The monoisotopic (exact) mass is 200 g/mol. The van der Waals surface area contributed by atoms with E-state index < -0.39 is 0 Å². The molecule has 1 aromatic rings. The molecule has 0 aliphatic rings. The number of halogens is 1. The maximum Gasteiger partial charge on any atom is 0.129 e. The Morgan fingerprint density at radius 1 is 1.69 bits per heavy atom. The molecular formula is C9H13ClN2O. The van der Waals surface area contributed by atoms with Gasteiger partial charge >= 0.3 is 0 Å². The van der Waals surface area contributed by atoms with Crippen molar-refractivity contribution in [3.05, 3.63) is 16.9 Å². The first kappa shape index (κ1) is 10.3. The molecule has 0 radical (unpaired) electrons. The van der Waals surface area contributed by atoms with Crippen LogP contribution >= 0.6 is 11.6 Å². The fourth-order valence-electron chi connectivity index (χ4n) is 1.10. The predicted molar refractivity (Wildman–Crippen MR) is 51.9 cm³/mol. The van der Waals surface area contributed by atoms with Crippen LogP contribution in [0.5, 0.6) is 0 Å². The van der Waals surface area contributed by atoms with Crippen LogP contribution in [-0.2, 0) is 11.3 Å². The lowest BCUT2D eigenvalue weighted by Crippen LogP contribution is -2.01. The molecule has 0 saturated heterocycles. The van der Waals surface area contributed by atoms with E-state index in [4.69, 9.17) is 11.6 Å². The second-order valence-corrected chi connectivity index (χ2v) is 3.54. The molecule has 1 aromatic heterocycles. The van der Waals surface area contributed by atoms with Gasteiger partial charge in [0, 0.05) is 19.2 Å². The highest BCUT2D eigenvalue weighted by atomic mass is 35.5. The third-order valence-corrected chi connectivity index (χ3v) is 2.17. The summed E-state index contributed by atoms with van der Waals surface area (Å²) in [7, 11) is 0. The molecule has 0 atom stereocenters. The Balaban J connectivity index is 2.41. The molecule has 72 valence electrons. The van der Waals surface area contributed by atoms with E-state index in [1.54, 1.807) is 17.8 Å².